The Balaban J connectivity index is 1.93. The molecule has 22 heavy (non-hydrogen) atoms. The topological polar surface area (TPSA) is 71.1 Å². The van der Waals surface area contributed by atoms with Crippen molar-refractivity contribution in [2.45, 2.75) is 13.5 Å². The molecule has 2 rings (SSSR count). The van der Waals surface area contributed by atoms with Gasteiger partial charge in [0.05, 0.1) is 12.2 Å². The molecule has 114 valence electrons. The molecule has 0 aliphatic rings. The van der Waals surface area contributed by atoms with Crippen molar-refractivity contribution in [3.05, 3.63) is 59.4 Å². The minimum Gasteiger partial charge on any atom is -0.342 e. The molecule has 0 atom stereocenters. The van der Waals surface area contributed by atoms with E-state index in [0.717, 1.165) is 17.8 Å². The van der Waals surface area contributed by atoms with E-state index in [1.165, 1.54) is 0 Å². The summed E-state index contributed by atoms with van der Waals surface area (Å²) < 4.78 is 26.0. The molecule has 0 radical (unpaired) electrons. The normalized spacial score (nSPS) is 10.1. The van der Waals surface area contributed by atoms with Crippen molar-refractivity contribution in [2.75, 3.05) is 5.32 Å². The van der Waals surface area contributed by atoms with Crippen LogP contribution in [0, 0.1) is 18.6 Å². The summed E-state index contributed by atoms with van der Waals surface area (Å²) in [4.78, 5) is 27.4. The summed E-state index contributed by atoms with van der Waals surface area (Å²) in [5, 5.41) is 4.49. The van der Waals surface area contributed by atoms with E-state index in [2.05, 4.69) is 15.6 Å². The predicted molar refractivity (Wildman–Crippen MR) is 75.8 cm³/mol. The molecule has 2 aromatic rings. The number of aromatic nitrogens is 1. The highest BCUT2D eigenvalue weighted by atomic mass is 19.1. The second-order valence-corrected chi connectivity index (χ2v) is 4.57. The fourth-order valence-electron chi connectivity index (χ4n) is 1.76. The first-order valence-corrected chi connectivity index (χ1v) is 6.42. The van der Waals surface area contributed by atoms with Gasteiger partial charge in [0.25, 0.3) is 0 Å². The molecular weight excluding hydrogens is 292 g/mol. The van der Waals surface area contributed by atoms with Gasteiger partial charge in [-0.25, -0.2) is 8.78 Å². The smallest absolute Gasteiger partial charge is 0.313 e. The van der Waals surface area contributed by atoms with E-state index in [1.807, 2.05) is 0 Å². The maximum absolute atomic E-state index is 13.0. The Bertz CT molecular complexity index is 699. The molecule has 1 aromatic carbocycles. The van der Waals surface area contributed by atoms with Gasteiger partial charge in [-0.3, -0.25) is 14.6 Å². The summed E-state index contributed by atoms with van der Waals surface area (Å²) in [5.74, 6) is -3.63. The van der Waals surface area contributed by atoms with Gasteiger partial charge in [-0.2, -0.15) is 0 Å². The molecular formula is C15H13F2N3O2. The molecule has 5 nitrogen and oxygen atoms in total. The Morgan fingerprint density at radius 3 is 2.41 bits per heavy atom. The van der Waals surface area contributed by atoms with Gasteiger partial charge in [-0.05, 0) is 31.2 Å². The number of halogens is 2. The van der Waals surface area contributed by atoms with Crippen molar-refractivity contribution in [1.82, 2.24) is 10.3 Å². The molecule has 0 fully saturated rings. The average molecular weight is 305 g/mol. The Hall–Kier alpha value is -2.83. The lowest BCUT2D eigenvalue weighted by Crippen LogP contribution is -2.35. The number of hydrogen-bond acceptors (Lipinski definition) is 3. The van der Waals surface area contributed by atoms with Crippen LogP contribution < -0.4 is 10.6 Å². The van der Waals surface area contributed by atoms with Gasteiger partial charge >= 0.3 is 11.8 Å². The van der Waals surface area contributed by atoms with E-state index < -0.39 is 23.4 Å². The Morgan fingerprint density at radius 1 is 1.09 bits per heavy atom. The van der Waals surface area contributed by atoms with Gasteiger partial charge in [0.2, 0.25) is 0 Å². The van der Waals surface area contributed by atoms with Crippen LogP contribution in [0.4, 0.5) is 14.5 Å². The quantitative estimate of drug-likeness (QED) is 0.851. The second-order valence-electron chi connectivity index (χ2n) is 4.57. The van der Waals surface area contributed by atoms with Gasteiger partial charge in [0.1, 0.15) is 11.6 Å². The summed E-state index contributed by atoms with van der Waals surface area (Å²) in [6, 6.07) is 7.77. The molecule has 1 heterocycles. The van der Waals surface area contributed by atoms with Crippen molar-refractivity contribution in [3.63, 3.8) is 0 Å². The van der Waals surface area contributed by atoms with Crippen molar-refractivity contribution >= 4 is 17.5 Å². The first kappa shape index (κ1) is 15.6. The lowest BCUT2D eigenvalue weighted by atomic mass is 10.3. The molecule has 2 amide bonds. The van der Waals surface area contributed by atoms with Gasteiger partial charge in [0, 0.05) is 17.4 Å². The van der Waals surface area contributed by atoms with Crippen LogP contribution in [0.3, 0.4) is 0 Å². The molecule has 0 saturated carbocycles. The number of nitrogens with zero attached hydrogens (tertiary/aromatic N) is 1. The predicted octanol–water partition coefficient (Wildman–Crippen LogP) is 1.92. The molecule has 0 saturated heterocycles. The third-order valence-corrected chi connectivity index (χ3v) is 2.70. The lowest BCUT2D eigenvalue weighted by molar-refractivity contribution is -0.136. The van der Waals surface area contributed by atoms with E-state index in [1.54, 1.807) is 25.1 Å². The standard InChI is InChI=1S/C15H13F2N3O2/c1-9-3-2-4-12(19-9)8-18-14(21)15(22)20-13-6-10(16)5-11(17)7-13/h2-7H,8H2,1H3,(H,18,21)(H,20,22). The maximum atomic E-state index is 13.0. The Morgan fingerprint density at radius 2 is 1.77 bits per heavy atom. The van der Waals surface area contributed by atoms with E-state index >= 15 is 0 Å². The SMILES string of the molecule is Cc1cccc(CNC(=O)C(=O)Nc2cc(F)cc(F)c2)n1. The van der Waals surface area contributed by atoms with Gasteiger partial charge in [0.15, 0.2) is 0 Å². The van der Waals surface area contributed by atoms with Crippen LogP contribution in [0.2, 0.25) is 0 Å². The van der Waals surface area contributed by atoms with Gasteiger partial charge in [-0.15, -0.1) is 0 Å². The third kappa shape index (κ3) is 4.34. The van der Waals surface area contributed by atoms with E-state index in [9.17, 15) is 18.4 Å². The minimum atomic E-state index is -1.02. The number of anilines is 1. The summed E-state index contributed by atoms with van der Waals surface area (Å²) >= 11 is 0. The highest BCUT2D eigenvalue weighted by molar-refractivity contribution is 6.39. The Kier molecular flexibility index (Phi) is 4.77. The zero-order valence-electron chi connectivity index (χ0n) is 11.7. The molecule has 0 aliphatic carbocycles. The van der Waals surface area contributed by atoms with Gasteiger partial charge in [-0.1, -0.05) is 6.07 Å². The number of benzene rings is 1. The van der Waals surface area contributed by atoms with Crippen LogP contribution in [0.1, 0.15) is 11.4 Å². The molecule has 0 bridgehead atoms. The average Bonchev–Trinajstić information content (AvgIpc) is 2.43. The monoisotopic (exact) mass is 305 g/mol. The van der Waals surface area contributed by atoms with Crippen LogP contribution in [0.5, 0.6) is 0 Å². The van der Waals surface area contributed by atoms with Crippen LogP contribution in [0.15, 0.2) is 36.4 Å². The zero-order valence-corrected chi connectivity index (χ0v) is 11.7. The highest BCUT2D eigenvalue weighted by Gasteiger charge is 2.14. The first-order valence-electron chi connectivity index (χ1n) is 6.42. The number of amides is 2. The van der Waals surface area contributed by atoms with Crippen molar-refractivity contribution in [3.8, 4) is 0 Å². The fraction of sp³-hybridized carbons (Fsp3) is 0.133. The zero-order chi connectivity index (χ0) is 16.1. The minimum absolute atomic E-state index is 0.0748. The molecule has 0 spiro atoms. The van der Waals surface area contributed by atoms with Crippen LogP contribution in [-0.4, -0.2) is 16.8 Å². The lowest BCUT2D eigenvalue weighted by Gasteiger charge is -2.07. The van der Waals surface area contributed by atoms with Gasteiger partial charge < -0.3 is 10.6 Å². The molecule has 0 unspecified atom stereocenters. The van der Waals surface area contributed by atoms with E-state index in [-0.39, 0.29) is 12.2 Å². The molecule has 2 N–H and O–H groups in total. The summed E-state index contributed by atoms with van der Waals surface area (Å²) in [6.07, 6.45) is 0. The van der Waals surface area contributed by atoms with Crippen molar-refractivity contribution < 1.29 is 18.4 Å². The van der Waals surface area contributed by atoms with Crippen LogP contribution >= 0.6 is 0 Å². The third-order valence-electron chi connectivity index (χ3n) is 2.70. The second kappa shape index (κ2) is 6.75. The molecule has 7 heteroatoms. The number of pyridine rings is 1. The summed E-state index contributed by atoms with van der Waals surface area (Å²) in [6.45, 7) is 1.88. The van der Waals surface area contributed by atoms with Crippen LogP contribution in [0.25, 0.3) is 0 Å². The van der Waals surface area contributed by atoms with Crippen LogP contribution in [-0.2, 0) is 16.1 Å². The number of rotatable bonds is 3. The highest BCUT2D eigenvalue weighted by Crippen LogP contribution is 2.12. The largest absolute Gasteiger partial charge is 0.342 e. The summed E-state index contributed by atoms with van der Waals surface area (Å²) in [5.41, 5.74) is 1.25. The number of carbonyl (C=O) groups excluding carboxylic acids is 2. The fourth-order valence-corrected chi connectivity index (χ4v) is 1.76. The maximum Gasteiger partial charge on any atom is 0.313 e. The van der Waals surface area contributed by atoms with E-state index in [4.69, 9.17) is 0 Å². The number of hydrogen-bond donors (Lipinski definition) is 2. The molecule has 0 aliphatic heterocycles. The number of carbonyl (C=O) groups is 2. The number of aryl methyl sites for hydroxylation is 1. The molecule has 1 aromatic heterocycles. The summed E-state index contributed by atoms with van der Waals surface area (Å²) in [7, 11) is 0. The Labute approximate surface area is 125 Å². The number of nitrogens with one attached hydrogen (secondary N) is 2. The van der Waals surface area contributed by atoms with Crippen molar-refractivity contribution in [1.29, 1.82) is 0 Å². The first-order chi connectivity index (χ1) is 10.4. The van der Waals surface area contributed by atoms with Crippen molar-refractivity contribution in [2.24, 2.45) is 0 Å². The van der Waals surface area contributed by atoms with E-state index in [0.29, 0.717) is 11.8 Å².